The number of hydrogen-bond donors (Lipinski definition) is 1. The molecule has 0 saturated carbocycles. The van der Waals surface area contributed by atoms with Crippen molar-refractivity contribution in [3.8, 4) is 11.4 Å². The van der Waals surface area contributed by atoms with Gasteiger partial charge in [0.15, 0.2) is 0 Å². The molecule has 0 aliphatic carbocycles. The van der Waals surface area contributed by atoms with Gasteiger partial charge in [-0.05, 0) is 42.8 Å². The average Bonchev–Trinajstić information content (AvgIpc) is 3.21. The molecule has 1 atom stereocenters. The van der Waals surface area contributed by atoms with Gasteiger partial charge in [-0.3, -0.25) is 4.79 Å². The summed E-state index contributed by atoms with van der Waals surface area (Å²) in [6, 6.07) is 15.7. The van der Waals surface area contributed by atoms with Crippen molar-refractivity contribution in [1.29, 1.82) is 0 Å². The molecule has 1 heterocycles. The highest BCUT2D eigenvalue weighted by Crippen LogP contribution is 2.25. The molecule has 1 N–H and O–H groups in total. The molecule has 0 saturated heterocycles. The summed E-state index contributed by atoms with van der Waals surface area (Å²) in [6.07, 6.45) is 5.38. The molecule has 26 heavy (non-hydrogen) atoms. The highest BCUT2D eigenvalue weighted by molar-refractivity contribution is 8.00. The van der Waals surface area contributed by atoms with Gasteiger partial charge in [0.05, 0.1) is 24.4 Å². The summed E-state index contributed by atoms with van der Waals surface area (Å²) in [7, 11) is 1.64. The van der Waals surface area contributed by atoms with Crippen LogP contribution in [0.1, 0.15) is 12.5 Å². The first-order chi connectivity index (χ1) is 12.7. The van der Waals surface area contributed by atoms with Gasteiger partial charge in [-0.25, -0.2) is 4.98 Å². The zero-order valence-corrected chi connectivity index (χ0v) is 15.6. The molecule has 0 aliphatic rings. The third-order valence-electron chi connectivity index (χ3n) is 3.97. The Bertz CT molecular complexity index is 848. The number of aromatic nitrogens is 2. The summed E-state index contributed by atoms with van der Waals surface area (Å²) in [5, 5.41) is 2.83. The Morgan fingerprint density at radius 1 is 1.23 bits per heavy atom. The zero-order chi connectivity index (χ0) is 18.4. The lowest BCUT2D eigenvalue weighted by Gasteiger charge is -2.14. The van der Waals surface area contributed by atoms with Crippen molar-refractivity contribution in [2.24, 2.45) is 0 Å². The fraction of sp³-hybridized carbons (Fsp3) is 0.200. The molecule has 3 aromatic rings. The Balaban J connectivity index is 1.60. The van der Waals surface area contributed by atoms with Crippen LogP contribution in [0.25, 0.3) is 5.69 Å². The van der Waals surface area contributed by atoms with Gasteiger partial charge in [0, 0.05) is 23.8 Å². The van der Waals surface area contributed by atoms with Crippen molar-refractivity contribution in [2.45, 2.75) is 23.6 Å². The Morgan fingerprint density at radius 2 is 2.00 bits per heavy atom. The van der Waals surface area contributed by atoms with Gasteiger partial charge >= 0.3 is 0 Å². The molecular formula is C20H21N3O2S. The molecule has 134 valence electrons. The zero-order valence-electron chi connectivity index (χ0n) is 14.8. The maximum atomic E-state index is 12.5. The van der Waals surface area contributed by atoms with E-state index >= 15 is 0 Å². The van der Waals surface area contributed by atoms with Crippen LogP contribution in [0.3, 0.4) is 0 Å². The molecule has 1 aromatic heterocycles. The first-order valence-electron chi connectivity index (χ1n) is 8.32. The van der Waals surface area contributed by atoms with Crippen LogP contribution >= 0.6 is 11.8 Å². The number of thioether (sulfide) groups is 1. The van der Waals surface area contributed by atoms with E-state index in [9.17, 15) is 4.79 Å². The number of amides is 1. The van der Waals surface area contributed by atoms with Crippen molar-refractivity contribution >= 4 is 17.7 Å². The van der Waals surface area contributed by atoms with E-state index in [0.29, 0.717) is 6.54 Å². The van der Waals surface area contributed by atoms with Crippen LogP contribution in [0.5, 0.6) is 5.75 Å². The third-order valence-corrected chi connectivity index (χ3v) is 5.08. The van der Waals surface area contributed by atoms with Crippen molar-refractivity contribution in [1.82, 2.24) is 14.9 Å². The highest BCUT2D eigenvalue weighted by Gasteiger charge is 2.15. The van der Waals surface area contributed by atoms with Crippen LogP contribution in [0.2, 0.25) is 0 Å². The van der Waals surface area contributed by atoms with Gasteiger partial charge < -0.3 is 14.6 Å². The normalized spacial score (nSPS) is 11.8. The number of benzene rings is 2. The lowest BCUT2D eigenvalue weighted by Crippen LogP contribution is -2.30. The van der Waals surface area contributed by atoms with Crippen molar-refractivity contribution in [2.75, 3.05) is 7.11 Å². The van der Waals surface area contributed by atoms with Gasteiger partial charge in [-0.15, -0.1) is 11.8 Å². The number of carbonyl (C=O) groups excluding carboxylic acids is 1. The van der Waals surface area contributed by atoms with Gasteiger partial charge in [-0.1, -0.05) is 18.2 Å². The van der Waals surface area contributed by atoms with E-state index < -0.39 is 0 Å². The first kappa shape index (κ1) is 18.1. The van der Waals surface area contributed by atoms with E-state index in [0.717, 1.165) is 21.9 Å². The highest BCUT2D eigenvalue weighted by atomic mass is 32.2. The molecule has 1 amide bonds. The summed E-state index contributed by atoms with van der Waals surface area (Å²) >= 11 is 1.53. The van der Waals surface area contributed by atoms with Crippen LogP contribution in [0.15, 0.2) is 72.1 Å². The number of nitrogens with one attached hydrogen (secondary N) is 1. The Morgan fingerprint density at radius 3 is 2.69 bits per heavy atom. The minimum Gasteiger partial charge on any atom is -0.497 e. The molecule has 0 fully saturated rings. The van der Waals surface area contributed by atoms with Crippen LogP contribution < -0.4 is 10.1 Å². The standard InChI is InChI=1S/C20H21N3O2S/c1-15(26-18-9-7-17(25-2)8-10-18)20(24)22-13-16-5-3-4-6-19(16)23-12-11-21-14-23/h3-12,14-15H,13H2,1-2H3,(H,22,24). The van der Waals surface area contributed by atoms with E-state index in [1.54, 1.807) is 19.6 Å². The number of methoxy groups -OCH3 is 1. The lowest BCUT2D eigenvalue weighted by atomic mass is 10.1. The maximum absolute atomic E-state index is 12.5. The maximum Gasteiger partial charge on any atom is 0.233 e. The number of hydrogen-bond acceptors (Lipinski definition) is 4. The molecule has 0 radical (unpaired) electrons. The minimum atomic E-state index is -0.191. The third kappa shape index (κ3) is 4.46. The summed E-state index contributed by atoms with van der Waals surface area (Å²) in [6.45, 7) is 2.38. The minimum absolute atomic E-state index is 0.00579. The molecule has 5 nitrogen and oxygen atoms in total. The quantitative estimate of drug-likeness (QED) is 0.647. The summed E-state index contributed by atoms with van der Waals surface area (Å²) in [5.74, 6) is 0.814. The van der Waals surface area contributed by atoms with Crippen molar-refractivity contribution in [3.05, 3.63) is 72.8 Å². The average molecular weight is 367 g/mol. The fourth-order valence-electron chi connectivity index (χ4n) is 2.55. The number of nitrogens with zero attached hydrogens (tertiary/aromatic N) is 2. The van der Waals surface area contributed by atoms with Gasteiger partial charge in [0.1, 0.15) is 5.75 Å². The van der Waals surface area contributed by atoms with Crippen LogP contribution in [0, 0.1) is 0 Å². The number of rotatable bonds is 7. The monoisotopic (exact) mass is 367 g/mol. The van der Waals surface area contributed by atoms with Crippen LogP contribution in [-0.2, 0) is 11.3 Å². The second kappa shape index (κ2) is 8.58. The molecule has 0 spiro atoms. The number of ether oxygens (including phenoxy) is 1. The molecule has 6 heteroatoms. The molecule has 0 bridgehead atoms. The largest absolute Gasteiger partial charge is 0.497 e. The fourth-order valence-corrected chi connectivity index (χ4v) is 3.44. The molecule has 1 unspecified atom stereocenters. The SMILES string of the molecule is COc1ccc(SC(C)C(=O)NCc2ccccc2-n2ccnc2)cc1. The van der Waals surface area contributed by atoms with Crippen molar-refractivity contribution in [3.63, 3.8) is 0 Å². The molecule has 3 rings (SSSR count). The Labute approximate surface area is 157 Å². The van der Waals surface area contributed by atoms with Gasteiger partial charge in [-0.2, -0.15) is 0 Å². The van der Waals surface area contributed by atoms with Crippen molar-refractivity contribution < 1.29 is 9.53 Å². The van der Waals surface area contributed by atoms with Crippen LogP contribution in [0.4, 0.5) is 0 Å². The smallest absolute Gasteiger partial charge is 0.233 e. The topological polar surface area (TPSA) is 56.1 Å². The van der Waals surface area contributed by atoms with Crippen LogP contribution in [-0.4, -0.2) is 27.8 Å². The van der Waals surface area contributed by atoms with E-state index in [1.807, 2.05) is 66.2 Å². The first-order valence-corrected chi connectivity index (χ1v) is 9.20. The van der Waals surface area contributed by atoms with Gasteiger partial charge in [0.25, 0.3) is 0 Å². The molecule has 0 aliphatic heterocycles. The molecular weight excluding hydrogens is 346 g/mol. The predicted octanol–water partition coefficient (Wildman–Crippen LogP) is 3.68. The Kier molecular flexibility index (Phi) is 5.96. The second-order valence-corrected chi connectivity index (χ2v) is 7.17. The molecule has 2 aromatic carbocycles. The number of imidazole rings is 1. The number of para-hydroxylation sites is 1. The lowest BCUT2D eigenvalue weighted by molar-refractivity contribution is -0.120. The number of carbonyl (C=O) groups is 1. The summed E-state index contributed by atoms with van der Waals surface area (Å²) in [5.41, 5.74) is 2.06. The summed E-state index contributed by atoms with van der Waals surface area (Å²) in [4.78, 5) is 17.6. The van der Waals surface area contributed by atoms with E-state index in [4.69, 9.17) is 4.74 Å². The van der Waals surface area contributed by atoms with Gasteiger partial charge in [0.2, 0.25) is 5.91 Å². The van der Waals surface area contributed by atoms with E-state index in [2.05, 4.69) is 10.3 Å². The van der Waals surface area contributed by atoms with E-state index in [-0.39, 0.29) is 11.2 Å². The second-order valence-electron chi connectivity index (χ2n) is 5.75. The summed E-state index contributed by atoms with van der Waals surface area (Å²) < 4.78 is 7.10. The predicted molar refractivity (Wildman–Crippen MR) is 104 cm³/mol. The Hall–Kier alpha value is -2.73. The van der Waals surface area contributed by atoms with E-state index in [1.165, 1.54) is 11.8 Å².